The number of ether oxygens (including phenoxy) is 1. The molecule has 5 rings (SSSR count). The lowest BCUT2D eigenvalue weighted by Gasteiger charge is -2.38. The summed E-state index contributed by atoms with van der Waals surface area (Å²) in [5.41, 5.74) is -0.679. The Balaban J connectivity index is 1.78. The number of esters is 1. The molecule has 1 amide bonds. The third kappa shape index (κ3) is 3.84. The van der Waals surface area contributed by atoms with Crippen LogP contribution in [0, 0.1) is 21.8 Å². The summed E-state index contributed by atoms with van der Waals surface area (Å²) < 4.78 is 20.4. The van der Waals surface area contributed by atoms with Crippen LogP contribution in [0.25, 0.3) is 0 Å². The molecule has 2 aromatic carbocycles. The van der Waals surface area contributed by atoms with Crippen molar-refractivity contribution in [3.8, 4) is 0 Å². The highest BCUT2D eigenvalue weighted by molar-refractivity contribution is 6.31. The number of nitrogens with zero attached hydrogens (tertiary/aromatic N) is 2. The zero-order valence-corrected chi connectivity index (χ0v) is 20.9. The van der Waals surface area contributed by atoms with Gasteiger partial charge < -0.3 is 10.1 Å². The summed E-state index contributed by atoms with van der Waals surface area (Å²) in [5, 5.41) is 15.8. The maximum Gasteiger partial charge on any atom is 0.305 e. The molecule has 4 atom stereocenters. The van der Waals surface area contributed by atoms with Crippen molar-refractivity contribution in [3.05, 3.63) is 73.5 Å². The predicted octanol–water partition coefficient (Wildman–Crippen LogP) is 4.76. The second kappa shape index (κ2) is 9.28. The minimum absolute atomic E-state index is 0.0106. The number of carbonyl (C=O) groups excluding carboxylic acids is 2. The summed E-state index contributed by atoms with van der Waals surface area (Å²) in [4.78, 5) is 40.2. The highest BCUT2D eigenvalue weighted by Crippen LogP contribution is 2.59. The normalized spacial score (nSPS) is 27.2. The molecule has 0 radical (unpaired) electrons. The minimum atomic E-state index is -1.59. The van der Waals surface area contributed by atoms with Crippen molar-refractivity contribution in [2.45, 2.75) is 49.2 Å². The fourth-order valence-electron chi connectivity index (χ4n) is 5.96. The number of methoxy groups -OCH3 is 1. The van der Waals surface area contributed by atoms with Gasteiger partial charge in [-0.05, 0) is 43.4 Å². The summed E-state index contributed by atoms with van der Waals surface area (Å²) in [5.74, 6) is -2.78. The van der Waals surface area contributed by atoms with E-state index >= 15 is 4.39 Å². The van der Waals surface area contributed by atoms with Gasteiger partial charge in [-0.3, -0.25) is 24.6 Å². The fraction of sp³-hybridized carbons (Fsp3) is 0.440. The van der Waals surface area contributed by atoms with E-state index < -0.39 is 46.2 Å². The molecule has 3 aliphatic rings. The van der Waals surface area contributed by atoms with E-state index in [2.05, 4.69) is 5.32 Å². The van der Waals surface area contributed by atoms with E-state index in [1.54, 1.807) is 18.2 Å². The molecule has 1 N–H and O–H groups in total. The SMILES string of the molecule is COC(=O)CC[C@H]1C([N+](=O)[O-])[C@H](c2cccc(Cl)c2F)[C@]2(C(=O)Nc3cc(Cl)ccc32)N1CC1CC1. The van der Waals surface area contributed by atoms with E-state index in [0.29, 0.717) is 22.8 Å². The molecule has 2 aromatic rings. The summed E-state index contributed by atoms with van der Waals surface area (Å²) in [6.07, 6.45) is 1.83. The molecule has 8 nitrogen and oxygen atoms in total. The number of nitro groups is 1. The fourth-order valence-corrected chi connectivity index (χ4v) is 6.32. The highest BCUT2D eigenvalue weighted by Gasteiger charge is 2.71. The molecule has 0 aromatic heterocycles. The van der Waals surface area contributed by atoms with E-state index in [-0.39, 0.29) is 29.3 Å². The first-order valence-corrected chi connectivity index (χ1v) is 12.5. The van der Waals surface area contributed by atoms with Gasteiger partial charge in [0.2, 0.25) is 6.04 Å². The molecule has 1 spiro atoms. The summed E-state index contributed by atoms with van der Waals surface area (Å²) in [6.45, 7) is 0.393. The molecule has 36 heavy (non-hydrogen) atoms. The zero-order chi connectivity index (χ0) is 25.8. The number of fused-ring (bicyclic) bond motifs is 2. The zero-order valence-electron chi connectivity index (χ0n) is 19.4. The topological polar surface area (TPSA) is 102 Å². The molecule has 11 heteroatoms. The first-order valence-electron chi connectivity index (χ1n) is 11.7. The second-order valence-corrected chi connectivity index (χ2v) is 10.4. The summed E-state index contributed by atoms with van der Waals surface area (Å²) >= 11 is 12.3. The van der Waals surface area contributed by atoms with Gasteiger partial charge in [0.05, 0.1) is 24.1 Å². The molecule has 190 valence electrons. The Hall–Kier alpha value is -2.75. The van der Waals surface area contributed by atoms with Crippen molar-refractivity contribution in [2.75, 3.05) is 19.0 Å². The number of amides is 1. The van der Waals surface area contributed by atoms with Crippen LogP contribution in [0.2, 0.25) is 10.0 Å². The number of anilines is 1. The maximum absolute atomic E-state index is 15.6. The number of carbonyl (C=O) groups is 2. The van der Waals surface area contributed by atoms with Crippen LogP contribution in [0.3, 0.4) is 0 Å². The van der Waals surface area contributed by atoms with Gasteiger partial charge in [0.25, 0.3) is 5.91 Å². The van der Waals surface area contributed by atoms with Crippen LogP contribution in [0.5, 0.6) is 0 Å². The number of likely N-dealkylation sites (tertiary alicyclic amines) is 1. The Morgan fingerprint density at radius 3 is 2.72 bits per heavy atom. The van der Waals surface area contributed by atoms with Gasteiger partial charge in [-0.2, -0.15) is 0 Å². The molecular weight excluding hydrogens is 512 g/mol. The Morgan fingerprint density at radius 2 is 2.06 bits per heavy atom. The number of rotatable bonds is 7. The largest absolute Gasteiger partial charge is 0.469 e. The summed E-state index contributed by atoms with van der Waals surface area (Å²) in [6, 6.07) is 6.98. The van der Waals surface area contributed by atoms with Crippen molar-refractivity contribution in [2.24, 2.45) is 5.92 Å². The molecule has 1 saturated carbocycles. The number of benzene rings is 2. The highest BCUT2D eigenvalue weighted by atomic mass is 35.5. The van der Waals surface area contributed by atoms with E-state index in [1.165, 1.54) is 25.3 Å². The standard InChI is InChI=1S/C25H24Cl2FN3O5/c1-36-20(32)10-9-19-23(31(34)35)21(15-3-2-4-17(27)22(15)28)25(30(19)12-13-5-6-13)16-8-7-14(26)11-18(16)29-24(25)33/h2-4,7-8,11,13,19,21,23H,5-6,9-10,12H2,1H3,(H,29,33)/t19-,21-,23?,25+/m0/s1. The van der Waals surface area contributed by atoms with Crippen molar-refractivity contribution in [1.82, 2.24) is 4.90 Å². The van der Waals surface area contributed by atoms with Gasteiger partial charge in [-0.1, -0.05) is 41.4 Å². The first kappa shape index (κ1) is 24.9. The van der Waals surface area contributed by atoms with Crippen molar-refractivity contribution in [3.63, 3.8) is 0 Å². The first-order chi connectivity index (χ1) is 17.2. The van der Waals surface area contributed by atoms with Crippen molar-refractivity contribution >= 4 is 40.8 Å². The third-order valence-electron chi connectivity index (χ3n) is 7.61. The van der Waals surface area contributed by atoms with E-state index in [4.69, 9.17) is 27.9 Å². The number of hydrogen-bond acceptors (Lipinski definition) is 6. The molecule has 1 unspecified atom stereocenters. The molecule has 0 bridgehead atoms. The Labute approximate surface area is 216 Å². The van der Waals surface area contributed by atoms with Gasteiger partial charge in [-0.15, -0.1) is 0 Å². The number of hydrogen-bond donors (Lipinski definition) is 1. The lowest BCUT2D eigenvalue weighted by Crippen LogP contribution is -2.52. The van der Waals surface area contributed by atoms with Gasteiger partial charge in [-0.25, -0.2) is 4.39 Å². The molecule has 2 aliphatic heterocycles. The summed E-state index contributed by atoms with van der Waals surface area (Å²) in [7, 11) is 1.25. The molecule has 1 saturated heterocycles. The Bertz CT molecular complexity index is 1260. The lowest BCUT2D eigenvalue weighted by atomic mass is 9.73. The smallest absolute Gasteiger partial charge is 0.305 e. The van der Waals surface area contributed by atoms with Crippen LogP contribution < -0.4 is 5.32 Å². The van der Waals surface area contributed by atoms with Crippen molar-refractivity contribution < 1.29 is 23.6 Å². The molecule has 1 aliphatic carbocycles. The van der Waals surface area contributed by atoms with E-state index in [1.807, 2.05) is 4.90 Å². The van der Waals surface area contributed by atoms with Crippen LogP contribution >= 0.6 is 23.2 Å². The molecule has 2 heterocycles. The van der Waals surface area contributed by atoms with Crippen LogP contribution in [0.15, 0.2) is 36.4 Å². The second-order valence-electron chi connectivity index (χ2n) is 9.58. The Kier molecular flexibility index (Phi) is 6.43. The number of halogens is 3. The van der Waals surface area contributed by atoms with Gasteiger partial charge in [0, 0.05) is 39.7 Å². The molecular formula is C25H24Cl2FN3O5. The average Bonchev–Trinajstić information content (AvgIpc) is 3.55. The average molecular weight is 536 g/mol. The van der Waals surface area contributed by atoms with Crippen LogP contribution in [0.4, 0.5) is 10.1 Å². The maximum atomic E-state index is 15.6. The number of nitrogens with one attached hydrogen (secondary N) is 1. The van der Waals surface area contributed by atoms with Crippen LogP contribution in [0.1, 0.15) is 42.7 Å². The van der Waals surface area contributed by atoms with Crippen LogP contribution in [-0.2, 0) is 19.9 Å². The van der Waals surface area contributed by atoms with Gasteiger partial charge in [0.15, 0.2) is 0 Å². The van der Waals surface area contributed by atoms with E-state index in [0.717, 1.165) is 12.8 Å². The Morgan fingerprint density at radius 1 is 1.31 bits per heavy atom. The van der Waals surface area contributed by atoms with E-state index in [9.17, 15) is 19.7 Å². The monoisotopic (exact) mass is 535 g/mol. The van der Waals surface area contributed by atoms with Gasteiger partial charge in [0.1, 0.15) is 11.4 Å². The van der Waals surface area contributed by atoms with Crippen LogP contribution in [-0.4, -0.2) is 47.4 Å². The third-order valence-corrected chi connectivity index (χ3v) is 8.14. The quantitative estimate of drug-likeness (QED) is 0.311. The molecule has 2 fully saturated rings. The lowest BCUT2D eigenvalue weighted by molar-refractivity contribution is -0.528. The van der Waals surface area contributed by atoms with Gasteiger partial charge >= 0.3 is 5.97 Å². The predicted molar refractivity (Wildman–Crippen MR) is 131 cm³/mol. The van der Waals surface area contributed by atoms with Crippen molar-refractivity contribution in [1.29, 1.82) is 0 Å². The minimum Gasteiger partial charge on any atom is -0.469 e.